The highest BCUT2D eigenvalue weighted by Crippen LogP contribution is 2.44. The molecule has 8 heteroatoms. The van der Waals surface area contributed by atoms with E-state index in [4.69, 9.17) is 32.7 Å². The van der Waals surface area contributed by atoms with Gasteiger partial charge in [0.2, 0.25) is 0 Å². The molecule has 1 fully saturated rings. The van der Waals surface area contributed by atoms with Gasteiger partial charge in [0.1, 0.15) is 17.3 Å². The van der Waals surface area contributed by atoms with E-state index in [9.17, 15) is 14.7 Å². The van der Waals surface area contributed by atoms with Gasteiger partial charge in [0.15, 0.2) is 5.75 Å². The van der Waals surface area contributed by atoms with Crippen LogP contribution in [0.1, 0.15) is 22.7 Å². The van der Waals surface area contributed by atoms with Crippen LogP contribution in [0.5, 0.6) is 17.2 Å². The fraction of sp³-hybridized carbons (Fsp3) is 0.0968. The number of nitrogens with zero attached hydrogens (tertiary/aromatic N) is 1. The number of ether oxygens (including phenoxy) is 2. The average Bonchev–Trinajstić information content (AvgIpc) is 3.19. The minimum absolute atomic E-state index is 0.102. The summed E-state index contributed by atoms with van der Waals surface area (Å²) < 4.78 is 11.2. The van der Waals surface area contributed by atoms with E-state index in [1.54, 1.807) is 36.4 Å². The molecular weight excluding hydrogens is 537 g/mol. The normalized spacial score (nSPS) is 16.4. The van der Waals surface area contributed by atoms with E-state index < -0.39 is 23.5 Å². The SMILES string of the molecule is COc1c(Cl)cc(/C(O)=C2\C(=O)C(=O)N(c3ccc(C)cc3)C2c2cccc(Oc3ccccc3)c2)cc1Cl. The summed E-state index contributed by atoms with van der Waals surface area (Å²) in [5, 5.41) is 11.8. The molecule has 1 aliphatic heterocycles. The predicted octanol–water partition coefficient (Wildman–Crippen LogP) is 7.73. The monoisotopic (exact) mass is 559 g/mol. The number of para-hydroxylation sites is 1. The van der Waals surface area contributed by atoms with Crippen molar-refractivity contribution >= 4 is 46.3 Å². The van der Waals surface area contributed by atoms with E-state index >= 15 is 0 Å². The highest BCUT2D eigenvalue weighted by molar-refractivity contribution is 6.51. The Balaban J connectivity index is 1.68. The number of rotatable bonds is 6. The van der Waals surface area contributed by atoms with Crippen LogP contribution in [0.4, 0.5) is 5.69 Å². The Kier molecular flexibility index (Phi) is 7.33. The molecule has 0 saturated carbocycles. The number of carbonyl (C=O) groups excluding carboxylic acids is 2. The number of anilines is 1. The number of aliphatic hydroxyl groups is 1. The van der Waals surface area contributed by atoms with E-state index in [0.29, 0.717) is 22.7 Å². The van der Waals surface area contributed by atoms with Crippen molar-refractivity contribution in [1.82, 2.24) is 0 Å². The van der Waals surface area contributed by atoms with E-state index in [-0.39, 0.29) is 26.9 Å². The highest BCUT2D eigenvalue weighted by Gasteiger charge is 2.47. The second-order valence-corrected chi connectivity index (χ2v) is 9.78. The standard InChI is InChI=1S/C31H23Cl2NO5/c1-18-11-13-21(14-12-18)34-27(19-7-6-10-23(15-19)39-22-8-4-3-5-9-22)26(29(36)31(34)37)28(35)20-16-24(32)30(38-2)25(33)17-20/h3-17,27,35H,1-2H3/b28-26+. The zero-order valence-corrected chi connectivity index (χ0v) is 22.5. The van der Waals surface area contributed by atoms with Crippen LogP contribution >= 0.6 is 23.2 Å². The molecule has 1 saturated heterocycles. The Bertz CT molecular complexity index is 1580. The number of aryl methyl sites for hydroxylation is 1. The van der Waals surface area contributed by atoms with Gasteiger partial charge in [0.25, 0.3) is 11.7 Å². The lowest BCUT2D eigenvalue weighted by atomic mass is 9.95. The Hall–Kier alpha value is -4.26. The van der Waals surface area contributed by atoms with Crippen LogP contribution in [0.3, 0.4) is 0 Å². The molecule has 1 amide bonds. The molecule has 1 aliphatic rings. The Morgan fingerprint density at radius 1 is 0.846 bits per heavy atom. The van der Waals surface area contributed by atoms with Crippen molar-refractivity contribution in [2.45, 2.75) is 13.0 Å². The van der Waals surface area contributed by atoms with Gasteiger partial charge in [-0.25, -0.2) is 0 Å². The van der Waals surface area contributed by atoms with Crippen molar-refractivity contribution < 1.29 is 24.2 Å². The summed E-state index contributed by atoms with van der Waals surface area (Å²) in [4.78, 5) is 28.3. The van der Waals surface area contributed by atoms with Gasteiger partial charge in [0.05, 0.1) is 28.8 Å². The average molecular weight is 560 g/mol. The number of carbonyl (C=O) groups is 2. The van der Waals surface area contributed by atoms with Crippen LogP contribution in [0, 0.1) is 6.92 Å². The number of halogens is 2. The van der Waals surface area contributed by atoms with Gasteiger partial charge in [-0.2, -0.15) is 0 Å². The summed E-state index contributed by atoms with van der Waals surface area (Å²) in [6.07, 6.45) is 0. The van der Waals surface area contributed by atoms with Crippen LogP contribution in [-0.2, 0) is 9.59 Å². The molecule has 39 heavy (non-hydrogen) atoms. The number of hydrogen-bond acceptors (Lipinski definition) is 5. The molecule has 1 unspecified atom stereocenters. The molecule has 0 aromatic heterocycles. The lowest BCUT2D eigenvalue weighted by Gasteiger charge is -2.26. The maximum atomic E-state index is 13.5. The molecule has 1 heterocycles. The summed E-state index contributed by atoms with van der Waals surface area (Å²) >= 11 is 12.6. The Labute approximate surface area is 235 Å². The fourth-order valence-electron chi connectivity index (χ4n) is 4.54. The smallest absolute Gasteiger partial charge is 0.300 e. The second kappa shape index (κ2) is 10.8. The fourth-order valence-corrected chi connectivity index (χ4v) is 5.18. The van der Waals surface area contributed by atoms with Gasteiger partial charge in [-0.15, -0.1) is 0 Å². The summed E-state index contributed by atoms with van der Waals surface area (Å²) in [5.41, 5.74) is 2.14. The number of amides is 1. The van der Waals surface area contributed by atoms with Crippen molar-refractivity contribution in [3.8, 4) is 17.2 Å². The molecule has 6 nitrogen and oxygen atoms in total. The first-order valence-corrected chi connectivity index (χ1v) is 12.8. The van der Waals surface area contributed by atoms with E-state index in [1.807, 2.05) is 49.4 Å². The van der Waals surface area contributed by atoms with Crippen molar-refractivity contribution in [2.75, 3.05) is 12.0 Å². The molecule has 0 radical (unpaired) electrons. The molecule has 4 aromatic carbocycles. The molecule has 4 aromatic rings. The predicted molar refractivity (Wildman–Crippen MR) is 152 cm³/mol. The number of ketones is 1. The lowest BCUT2D eigenvalue weighted by Crippen LogP contribution is -2.29. The summed E-state index contributed by atoms with van der Waals surface area (Å²) in [7, 11) is 1.42. The van der Waals surface area contributed by atoms with Gasteiger partial charge in [-0.1, -0.05) is 71.2 Å². The zero-order valence-electron chi connectivity index (χ0n) is 21.0. The third kappa shape index (κ3) is 5.09. The van der Waals surface area contributed by atoms with E-state index in [2.05, 4.69) is 0 Å². The molecule has 1 atom stereocenters. The first kappa shape index (κ1) is 26.4. The molecule has 0 bridgehead atoms. The molecule has 0 spiro atoms. The zero-order chi connectivity index (χ0) is 27.7. The lowest BCUT2D eigenvalue weighted by molar-refractivity contribution is -0.132. The minimum Gasteiger partial charge on any atom is -0.507 e. The topological polar surface area (TPSA) is 76.1 Å². The van der Waals surface area contributed by atoms with Gasteiger partial charge < -0.3 is 14.6 Å². The van der Waals surface area contributed by atoms with Crippen LogP contribution in [0.2, 0.25) is 10.0 Å². The first-order chi connectivity index (χ1) is 18.8. The van der Waals surface area contributed by atoms with Crippen molar-refractivity contribution in [3.63, 3.8) is 0 Å². The number of aliphatic hydroxyl groups excluding tert-OH is 1. The minimum atomic E-state index is -0.952. The highest BCUT2D eigenvalue weighted by atomic mass is 35.5. The van der Waals surface area contributed by atoms with Gasteiger partial charge >= 0.3 is 0 Å². The van der Waals surface area contributed by atoms with Crippen LogP contribution in [-0.4, -0.2) is 23.9 Å². The van der Waals surface area contributed by atoms with E-state index in [0.717, 1.165) is 5.56 Å². The van der Waals surface area contributed by atoms with Crippen LogP contribution < -0.4 is 14.4 Å². The number of benzene rings is 4. The van der Waals surface area contributed by atoms with E-state index in [1.165, 1.54) is 24.1 Å². The third-order valence-corrected chi connectivity index (χ3v) is 6.95. The molecule has 196 valence electrons. The molecular formula is C31H23Cl2NO5. The maximum absolute atomic E-state index is 13.5. The number of hydrogen-bond donors (Lipinski definition) is 1. The Morgan fingerprint density at radius 3 is 2.13 bits per heavy atom. The van der Waals surface area contributed by atoms with Gasteiger partial charge in [-0.05, 0) is 61.0 Å². The maximum Gasteiger partial charge on any atom is 0.300 e. The summed E-state index contributed by atoms with van der Waals surface area (Å²) in [6.45, 7) is 1.93. The van der Waals surface area contributed by atoms with Crippen molar-refractivity contribution in [2.24, 2.45) is 0 Å². The largest absolute Gasteiger partial charge is 0.507 e. The first-order valence-electron chi connectivity index (χ1n) is 12.0. The van der Waals surface area contributed by atoms with Gasteiger partial charge in [-0.3, -0.25) is 14.5 Å². The van der Waals surface area contributed by atoms with Crippen LogP contribution in [0.25, 0.3) is 5.76 Å². The molecule has 5 rings (SSSR count). The quantitative estimate of drug-likeness (QED) is 0.148. The summed E-state index contributed by atoms with van der Waals surface area (Å²) in [6, 6.07) is 25.5. The molecule has 1 N–H and O–H groups in total. The second-order valence-electron chi connectivity index (χ2n) is 8.97. The van der Waals surface area contributed by atoms with Gasteiger partial charge in [0, 0.05) is 11.3 Å². The molecule has 0 aliphatic carbocycles. The number of Topliss-reactive ketones (excluding diaryl/α,β-unsaturated/α-hetero) is 1. The Morgan fingerprint density at radius 2 is 1.49 bits per heavy atom. The van der Waals surface area contributed by atoms with Crippen molar-refractivity contribution in [3.05, 3.63) is 123 Å². The third-order valence-electron chi connectivity index (χ3n) is 6.39. The summed E-state index contributed by atoms with van der Waals surface area (Å²) in [5.74, 6) is -0.652. The van der Waals surface area contributed by atoms with Crippen molar-refractivity contribution in [1.29, 1.82) is 0 Å². The van der Waals surface area contributed by atoms with Crippen LogP contribution in [0.15, 0.2) is 96.6 Å². The number of methoxy groups -OCH3 is 1.